The molecular formula is C16H13NO5. The number of aliphatic hydroxyl groups excluding tert-OH is 1. The van der Waals surface area contributed by atoms with Gasteiger partial charge in [0.1, 0.15) is 17.6 Å². The number of nitro groups is 1. The lowest BCUT2D eigenvalue weighted by atomic mass is 10.1. The first-order valence-electron chi connectivity index (χ1n) is 6.59. The molecule has 0 aromatic heterocycles. The number of rotatable bonds is 3. The van der Waals surface area contributed by atoms with Crippen LogP contribution in [0.1, 0.15) is 17.2 Å². The van der Waals surface area contributed by atoms with Crippen molar-refractivity contribution in [2.45, 2.75) is 6.10 Å². The maximum Gasteiger partial charge on any atom is 0.311 e. The number of aliphatic hydroxyl groups is 1. The normalized spacial score (nSPS) is 17.9. The number of fused-ring (bicyclic) bond motifs is 1. The lowest BCUT2D eigenvalue weighted by Crippen LogP contribution is -1.98. The first kappa shape index (κ1) is 14.1. The molecule has 1 aliphatic heterocycles. The zero-order valence-corrected chi connectivity index (χ0v) is 11.7. The van der Waals surface area contributed by atoms with Gasteiger partial charge in [0.25, 0.3) is 0 Å². The maximum atomic E-state index is 11.0. The zero-order chi connectivity index (χ0) is 15.7. The molecule has 0 fully saturated rings. The summed E-state index contributed by atoms with van der Waals surface area (Å²) in [4.78, 5) is 10.5. The van der Waals surface area contributed by atoms with Crippen LogP contribution in [0.25, 0.3) is 6.08 Å². The predicted molar refractivity (Wildman–Crippen MR) is 79.7 cm³/mol. The third kappa shape index (κ3) is 2.40. The third-order valence-electron chi connectivity index (χ3n) is 3.42. The van der Waals surface area contributed by atoms with Crippen molar-refractivity contribution in [2.24, 2.45) is 0 Å². The topological polar surface area (TPSA) is 81.8 Å². The number of methoxy groups -OCH3 is 1. The van der Waals surface area contributed by atoms with Crippen molar-refractivity contribution in [1.82, 2.24) is 0 Å². The second kappa shape index (κ2) is 5.50. The summed E-state index contributed by atoms with van der Waals surface area (Å²) < 4.78 is 10.6. The van der Waals surface area contributed by atoms with E-state index >= 15 is 0 Å². The van der Waals surface area contributed by atoms with Gasteiger partial charge in [-0.1, -0.05) is 24.3 Å². The molecule has 1 aliphatic rings. The average molecular weight is 299 g/mol. The largest absolute Gasteiger partial charge is 0.490 e. The van der Waals surface area contributed by atoms with Gasteiger partial charge in [-0.2, -0.15) is 0 Å². The molecule has 0 bridgehead atoms. The van der Waals surface area contributed by atoms with Crippen LogP contribution < -0.4 is 9.47 Å². The molecule has 1 unspecified atom stereocenters. The van der Waals surface area contributed by atoms with Gasteiger partial charge in [-0.15, -0.1) is 0 Å². The summed E-state index contributed by atoms with van der Waals surface area (Å²) in [5.74, 6) is 1.10. The third-order valence-corrected chi connectivity index (χ3v) is 3.42. The van der Waals surface area contributed by atoms with Gasteiger partial charge in [-0.05, 0) is 23.8 Å². The lowest BCUT2D eigenvalue weighted by Gasteiger charge is -2.05. The van der Waals surface area contributed by atoms with E-state index in [1.165, 1.54) is 19.2 Å². The highest BCUT2D eigenvalue weighted by molar-refractivity contribution is 5.62. The highest BCUT2D eigenvalue weighted by Gasteiger charge is 2.27. The Hall–Kier alpha value is -2.86. The minimum absolute atomic E-state index is 0.137. The van der Waals surface area contributed by atoms with Gasteiger partial charge in [-0.25, -0.2) is 0 Å². The van der Waals surface area contributed by atoms with Crippen LogP contribution in [0.2, 0.25) is 0 Å². The van der Waals surface area contributed by atoms with Crippen LogP contribution in [0.5, 0.6) is 11.5 Å². The summed E-state index contributed by atoms with van der Waals surface area (Å²) in [6.07, 6.45) is 0.703. The molecule has 1 heterocycles. The number of hydrogen-bond acceptors (Lipinski definition) is 5. The molecule has 0 saturated carbocycles. The molecule has 6 nitrogen and oxygen atoms in total. The number of nitrogens with zero attached hydrogens (tertiary/aromatic N) is 1. The molecule has 3 rings (SSSR count). The SMILES string of the molecule is COc1ccc(/C=C2\Oc3ccccc3C2O)cc1[N+](=O)[O-]. The second-order valence-corrected chi connectivity index (χ2v) is 4.78. The minimum atomic E-state index is -0.877. The molecule has 2 aromatic rings. The van der Waals surface area contributed by atoms with E-state index in [2.05, 4.69) is 0 Å². The van der Waals surface area contributed by atoms with Crippen molar-refractivity contribution < 1.29 is 19.5 Å². The fourth-order valence-corrected chi connectivity index (χ4v) is 2.35. The first-order valence-corrected chi connectivity index (χ1v) is 6.59. The standard InChI is InChI=1S/C16H13NO5/c1-21-14-7-6-10(8-12(14)17(19)20)9-15-16(18)11-4-2-3-5-13(11)22-15/h2-9,16,18H,1H3/b15-9-. The quantitative estimate of drug-likeness (QED) is 0.695. The van der Waals surface area contributed by atoms with E-state index in [9.17, 15) is 15.2 Å². The highest BCUT2D eigenvalue weighted by Crippen LogP contribution is 2.39. The van der Waals surface area contributed by atoms with E-state index in [1.807, 2.05) is 12.1 Å². The van der Waals surface area contributed by atoms with Crippen LogP contribution in [0.3, 0.4) is 0 Å². The van der Waals surface area contributed by atoms with Gasteiger partial charge < -0.3 is 14.6 Å². The van der Waals surface area contributed by atoms with Gasteiger partial charge in [-0.3, -0.25) is 10.1 Å². The van der Waals surface area contributed by atoms with Crippen molar-refractivity contribution in [3.05, 3.63) is 69.5 Å². The highest BCUT2D eigenvalue weighted by atomic mass is 16.6. The Morgan fingerprint density at radius 2 is 2.09 bits per heavy atom. The predicted octanol–water partition coefficient (Wildman–Crippen LogP) is 3.07. The first-order chi connectivity index (χ1) is 10.6. The number of benzene rings is 2. The van der Waals surface area contributed by atoms with E-state index in [4.69, 9.17) is 9.47 Å². The maximum absolute atomic E-state index is 11.0. The molecule has 1 atom stereocenters. The fraction of sp³-hybridized carbons (Fsp3) is 0.125. The summed E-state index contributed by atoms with van der Waals surface area (Å²) in [5.41, 5.74) is 1.09. The van der Waals surface area contributed by atoms with E-state index < -0.39 is 11.0 Å². The Labute approximate surface area is 126 Å². The molecule has 22 heavy (non-hydrogen) atoms. The minimum Gasteiger partial charge on any atom is -0.490 e. The van der Waals surface area contributed by atoms with Gasteiger partial charge >= 0.3 is 5.69 Å². The fourth-order valence-electron chi connectivity index (χ4n) is 2.35. The molecule has 0 spiro atoms. The summed E-state index contributed by atoms with van der Waals surface area (Å²) in [5, 5.41) is 21.3. The molecule has 0 amide bonds. The number of para-hydroxylation sites is 1. The molecule has 0 aliphatic carbocycles. The number of hydrogen-bond donors (Lipinski definition) is 1. The van der Waals surface area contributed by atoms with Crippen molar-refractivity contribution >= 4 is 11.8 Å². The van der Waals surface area contributed by atoms with Crippen molar-refractivity contribution in [1.29, 1.82) is 0 Å². The summed E-state index contributed by atoms with van der Waals surface area (Å²) >= 11 is 0. The molecular weight excluding hydrogens is 286 g/mol. The smallest absolute Gasteiger partial charge is 0.311 e. The molecule has 0 saturated heterocycles. The van der Waals surface area contributed by atoms with E-state index in [1.54, 1.807) is 24.3 Å². The second-order valence-electron chi connectivity index (χ2n) is 4.78. The Bertz CT molecular complexity index is 769. The van der Waals surface area contributed by atoms with Gasteiger partial charge in [0.2, 0.25) is 0 Å². The van der Waals surface area contributed by atoms with Crippen molar-refractivity contribution in [3.63, 3.8) is 0 Å². The van der Waals surface area contributed by atoms with Crippen molar-refractivity contribution in [3.8, 4) is 11.5 Å². The van der Waals surface area contributed by atoms with Crippen LogP contribution in [0.4, 0.5) is 5.69 Å². The summed E-state index contributed by atoms with van der Waals surface area (Å²) in [6, 6.07) is 11.7. The Morgan fingerprint density at radius 3 is 2.77 bits per heavy atom. The van der Waals surface area contributed by atoms with Crippen LogP contribution in [-0.2, 0) is 0 Å². The summed E-state index contributed by atoms with van der Waals surface area (Å²) in [7, 11) is 1.38. The zero-order valence-electron chi connectivity index (χ0n) is 11.7. The van der Waals surface area contributed by atoms with E-state index in [0.717, 1.165) is 0 Å². The Kier molecular flexibility index (Phi) is 3.52. The monoisotopic (exact) mass is 299 g/mol. The molecule has 0 radical (unpaired) electrons. The van der Waals surface area contributed by atoms with Gasteiger partial charge in [0, 0.05) is 11.6 Å². The van der Waals surface area contributed by atoms with Crippen LogP contribution in [0.15, 0.2) is 48.2 Å². The number of nitro benzene ring substituents is 1. The van der Waals surface area contributed by atoms with Crippen LogP contribution in [0, 0.1) is 10.1 Å². The lowest BCUT2D eigenvalue weighted by molar-refractivity contribution is -0.385. The van der Waals surface area contributed by atoms with E-state index in [-0.39, 0.29) is 11.4 Å². The van der Waals surface area contributed by atoms with Gasteiger partial charge in [0.05, 0.1) is 12.0 Å². The Morgan fingerprint density at radius 1 is 1.32 bits per heavy atom. The van der Waals surface area contributed by atoms with Crippen molar-refractivity contribution in [2.75, 3.05) is 7.11 Å². The molecule has 2 aromatic carbocycles. The summed E-state index contributed by atoms with van der Waals surface area (Å²) in [6.45, 7) is 0. The molecule has 6 heteroatoms. The molecule has 1 N–H and O–H groups in total. The Balaban J connectivity index is 1.97. The number of ether oxygens (including phenoxy) is 2. The van der Waals surface area contributed by atoms with Gasteiger partial charge in [0.15, 0.2) is 5.75 Å². The van der Waals surface area contributed by atoms with Crippen LogP contribution in [-0.4, -0.2) is 17.1 Å². The molecule has 112 valence electrons. The average Bonchev–Trinajstić information content (AvgIpc) is 2.84. The van der Waals surface area contributed by atoms with Crippen LogP contribution >= 0.6 is 0 Å². The van der Waals surface area contributed by atoms with E-state index in [0.29, 0.717) is 22.6 Å².